The second-order valence-electron chi connectivity index (χ2n) is 7.44. The van der Waals surface area contributed by atoms with Gasteiger partial charge in [-0.05, 0) is 37.3 Å². The Morgan fingerprint density at radius 3 is 2.86 bits per heavy atom. The fourth-order valence-electron chi connectivity index (χ4n) is 3.31. The molecular weight excluding hydrogens is 459 g/mol. The maximum atomic E-state index is 14.6. The number of tetrazole rings is 1. The number of hydrogen-bond acceptors (Lipinski definition) is 9. The van der Waals surface area contributed by atoms with Crippen molar-refractivity contribution in [1.82, 2.24) is 30.9 Å². The molecule has 0 radical (unpaired) electrons. The minimum atomic E-state index is -0.536. The third-order valence-corrected chi connectivity index (χ3v) is 5.08. The van der Waals surface area contributed by atoms with Gasteiger partial charge in [0.2, 0.25) is 18.5 Å². The van der Waals surface area contributed by atoms with Crippen LogP contribution in [0, 0.1) is 5.82 Å². The molecule has 3 heterocycles. The van der Waals surface area contributed by atoms with E-state index in [0.717, 1.165) is 0 Å². The third-order valence-electron chi connectivity index (χ3n) is 5.08. The summed E-state index contributed by atoms with van der Waals surface area (Å²) in [4.78, 5) is 17.0. The van der Waals surface area contributed by atoms with E-state index in [-0.39, 0.29) is 30.3 Å². The first kappa shape index (κ1) is 22.1. The number of nitrogens with one attached hydrogen (secondary N) is 2. The molecule has 4 aromatic rings. The first-order valence-corrected chi connectivity index (χ1v) is 10.6. The number of H-pyrrole nitrogens is 1. The number of benzene rings is 2. The molecule has 0 unspecified atom stereocenters. The molecule has 2 aromatic carbocycles. The predicted molar refractivity (Wildman–Crippen MR) is 118 cm³/mol. The van der Waals surface area contributed by atoms with Crippen molar-refractivity contribution in [3.63, 3.8) is 0 Å². The fourth-order valence-corrected chi connectivity index (χ4v) is 3.31. The van der Waals surface area contributed by atoms with Gasteiger partial charge < -0.3 is 24.3 Å². The van der Waals surface area contributed by atoms with Crippen molar-refractivity contribution in [1.29, 1.82) is 0 Å². The van der Waals surface area contributed by atoms with Gasteiger partial charge in [-0.1, -0.05) is 11.3 Å². The monoisotopic (exact) mass is 478 g/mol. The van der Waals surface area contributed by atoms with Crippen LogP contribution in [0.4, 0.5) is 4.39 Å². The lowest BCUT2D eigenvalue weighted by molar-refractivity contribution is 0.0947. The van der Waals surface area contributed by atoms with Gasteiger partial charge in [0, 0.05) is 30.4 Å². The molecule has 0 fully saturated rings. The van der Waals surface area contributed by atoms with Crippen LogP contribution in [0.25, 0.3) is 0 Å². The Hall–Kier alpha value is -4.74. The number of ether oxygens (including phenoxy) is 4. The van der Waals surface area contributed by atoms with Crippen molar-refractivity contribution in [2.45, 2.75) is 19.6 Å². The molecule has 2 N–H and O–H groups in total. The highest BCUT2D eigenvalue weighted by Crippen LogP contribution is 2.36. The van der Waals surface area contributed by atoms with Crippen molar-refractivity contribution in [3.05, 3.63) is 77.5 Å². The number of halogens is 1. The largest absolute Gasteiger partial charge is 0.482 e. The number of aromatic amines is 1. The standard InChI is InChI=1S/C23H19FN6O5/c1-13(21-27-29-30-28-21)34-15-5-4-14(18(24)9-15)11-26-22(31)17-3-2-8-25-23(17)35-16-6-7-19-20(10-16)33-12-32-19/h2-10,13H,11-12H2,1H3,(H,26,31)(H,27,28,29,30)/t13-/m0/s1. The van der Waals surface area contributed by atoms with E-state index in [1.54, 1.807) is 43.3 Å². The van der Waals surface area contributed by atoms with Crippen molar-refractivity contribution in [3.8, 4) is 28.9 Å². The highest BCUT2D eigenvalue weighted by Gasteiger charge is 2.18. The smallest absolute Gasteiger partial charge is 0.257 e. The van der Waals surface area contributed by atoms with E-state index >= 15 is 0 Å². The minimum Gasteiger partial charge on any atom is -0.482 e. The van der Waals surface area contributed by atoms with Gasteiger partial charge in [0.05, 0.1) is 0 Å². The molecule has 0 bridgehead atoms. The molecule has 2 aromatic heterocycles. The molecule has 0 saturated heterocycles. The normalized spacial score (nSPS) is 12.7. The van der Waals surface area contributed by atoms with E-state index in [4.69, 9.17) is 18.9 Å². The summed E-state index contributed by atoms with van der Waals surface area (Å²) in [6.45, 7) is 1.80. The first-order valence-electron chi connectivity index (χ1n) is 10.6. The van der Waals surface area contributed by atoms with E-state index in [1.807, 2.05) is 0 Å². The van der Waals surface area contributed by atoms with Gasteiger partial charge in [-0.2, -0.15) is 5.21 Å². The molecule has 0 aliphatic carbocycles. The Morgan fingerprint density at radius 2 is 2.03 bits per heavy atom. The number of rotatable bonds is 8. The van der Waals surface area contributed by atoms with Crippen molar-refractivity contribution in [2.75, 3.05) is 6.79 Å². The Kier molecular flexibility index (Phi) is 6.07. The molecular formula is C23H19FN6O5. The molecule has 12 heteroatoms. The van der Waals surface area contributed by atoms with E-state index in [9.17, 15) is 9.18 Å². The summed E-state index contributed by atoms with van der Waals surface area (Å²) in [6, 6.07) is 12.6. The minimum absolute atomic E-state index is 0.0519. The van der Waals surface area contributed by atoms with Crippen LogP contribution in [-0.2, 0) is 6.54 Å². The number of nitrogens with zero attached hydrogens (tertiary/aromatic N) is 4. The summed E-state index contributed by atoms with van der Waals surface area (Å²) in [5.41, 5.74) is 0.472. The Labute approximate surface area is 198 Å². The number of pyridine rings is 1. The summed E-state index contributed by atoms with van der Waals surface area (Å²) in [5, 5.41) is 16.2. The zero-order valence-electron chi connectivity index (χ0n) is 18.4. The number of aromatic nitrogens is 5. The summed E-state index contributed by atoms with van der Waals surface area (Å²) in [6.07, 6.45) is 0.986. The first-order chi connectivity index (χ1) is 17.1. The zero-order valence-corrected chi connectivity index (χ0v) is 18.4. The number of carbonyl (C=O) groups excluding carboxylic acids is 1. The number of hydrogen-bond donors (Lipinski definition) is 2. The molecule has 178 valence electrons. The molecule has 0 saturated carbocycles. The topological polar surface area (TPSA) is 133 Å². The SMILES string of the molecule is C[C@H](Oc1ccc(CNC(=O)c2cccnc2Oc2ccc3c(c2)OCO3)c(F)c1)c1nn[nH]n1. The van der Waals surface area contributed by atoms with Crippen molar-refractivity contribution >= 4 is 5.91 Å². The van der Waals surface area contributed by atoms with Crippen LogP contribution < -0.4 is 24.3 Å². The molecule has 35 heavy (non-hydrogen) atoms. The molecule has 1 amide bonds. The summed E-state index contributed by atoms with van der Waals surface area (Å²) >= 11 is 0. The summed E-state index contributed by atoms with van der Waals surface area (Å²) in [5.74, 6) is 1.31. The van der Waals surface area contributed by atoms with E-state index in [2.05, 4.69) is 30.9 Å². The van der Waals surface area contributed by atoms with Gasteiger partial charge in [0.1, 0.15) is 22.9 Å². The predicted octanol–water partition coefficient (Wildman–Crippen LogP) is 3.32. The number of amides is 1. The van der Waals surface area contributed by atoms with Gasteiger partial charge >= 0.3 is 0 Å². The van der Waals surface area contributed by atoms with Gasteiger partial charge in [-0.3, -0.25) is 4.79 Å². The van der Waals surface area contributed by atoms with Gasteiger partial charge in [0.25, 0.3) is 5.91 Å². The fraction of sp³-hybridized carbons (Fsp3) is 0.174. The lowest BCUT2D eigenvalue weighted by atomic mass is 10.2. The van der Waals surface area contributed by atoms with E-state index in [1.165, 1.54) is 18.3 Å². The molecule has 11 nitrogen and oxygen atoms in total. The van der Waals surface area contributed by atoms with Gasteiger partial charge in [0.15, 0.2) is 17.6 Å². The maximum absolute atomic E-state index is 14.6. The average Bonchev–Trinajstić information content (AvgIpc) is 3.56. The zero-order chi connectivity index (χ0) is 24.2. The average molecular weight is 478 g/mol. The van der Waals surface area contributed by atoms with Crippen LogP contribution in [0.1, 0.15) is 34.8 Å². The van der Waals surface area contributed by atoms with Crippen molar-refractivity contribution in [2.24, 2.45) is 0 Å². The number of carbonyl (C=O) groups is 1. The van der Waals surface area contributed by atoms with Gasteiger partial charge in [-0.25, -0.2) is 9.37 Å². The molecule has 0 spiro atoms. The molecule has 1 atom stereocenters. The van der Waals surface area contributed by atoms with Crippen LogP contribution in [0.2, 0.25) is 0 Å². The maximum Gasteiger partial charge on any atom is 0.257 e. The number of fused-ring (bicyclic) bond motifs is 1. The highest BCUT2D eigenvalue weighted by atomic mass is 19.1. The Balaban J connectivity index is 1.23. The van der Waals surface area contributed by atoms with Crippen LogP contribution in [0.3, 0.4) is 0 Å². The van der Waals surface area contributed by atoms with Crippen LogP contribution in [-0.4, -0.2) is 38.3 Å². The van der Waals surface area contributed by atoms with Crippen LogP contribution >= 0.6 is 0 Å². The van der Waals surface area contributed by atoms with E-state index in [0.29, 0.717) is 28.8 Å². The third kappa shape index (κ3) is 4.95. The summed E-state index contributed by atoms with van der Waals surface area (Å²) < 4.78 is 36.7. The lowest BCUT2D eigenvalue weighted by Gasteiger charge is -2.13. The van der Waals surface area contributed by atoms with Crippen LogP contribution in [0.5, 0.6) is 28.9 Å². The molecule has 1 aliphatic heterocycles. The second-order valence-corrected chi connectivity index (χ2v) is 7.44. The molecule has 5 rings (SSSR count). The second kappa shape index (κ2) is 9.63. The highest BCUT2D eigenvalue weighted by molar-refractivity contribution is 5.96. The van der Waals surface area contributed by atoms with E-state index < -0.39 is 17.8 Å². The van der Waals surface area contributed by atoms with Gasteiger partial charge in [-0.15, -0.1) is 10.2 Å². The Bertz CT molecular complexity index is 1350. The van der Waals surface area contributed by atoms with Crippen LogP contribution in [0.15, 0.2) is 54.7 Å². The lowest BCUT2D eigenvalue weighted by Crippen LogP contribution is -2.24. The summed E-state index contributed by atoms with van der Waals surface area (Å²) in [7, 11) is 0. The molecule has 1 aliphatic rings. The van der Waals surface area contributed by atoms with Crippen molar-refractivity contribution < 1.29 is 28.1 Å². The quantitative estimate of drug-likeness (QED) is 0.391. The Morgan fingerprint density at radius 1 is 1.17 bits per heavy atom.